The number of nitrogens with zero attached hydrogens (tertiary/aromatic N) is 3. The predicted molar refractivity (Wildman–Crippen MR) is 91.5 cm³/mol. The van der Waals surface area contributed by atoms with Gasteiger partial charge in [0.05, 0.1) is 17.3 Å². The summed E-state index contributed by atoms with van der Waals surface area (Å²) < 4.78 is 7.54. The number of hydrogen-bond acceptors (Lipinski definition) is 3. The van der Waals surface area contributed by atoms with E-state index in [9.17, 15) is 0 Å². The van der Waals surface area contributed by atoms with Crippen molar-refractivity contribution in [3.05, 3.63) is 70.5 Å². The lowest BCUT2D eigenvalue weighted by Crippen LogP contribution is -2.02. The van der Waals surface area contributed by atoms with Gasteiger partial charge in [0.25, 0.3) is 0 Å². The lowest BCUT2D eigenvalue weighted by molar-refractivity contribution is 0.321. The van der Waals surface area contributed by atoms with Crippen LogP contribution in [0.4, 0.5) is 0 Å². The summed E-state index contributed by atoms with van der Waals surface area (Å²) in [7, 11) is 0. The summed E-state index contributed by atoms with van der Waals surface area (Å²) in [5, 5.41) is 5.19. The number of pyridine rings is 1. The van der Waals surface area contributed by atoms with E-state index < -0.39 is 0 Å². The SMILES string of the molecule is CCOc1nn(-c2ccc(Cl)cn2)c(C)c1Cc1ccccc1. The molecule has 0 fully saturated rings. The first-order valence-electron chi connectivity index (χ1n) is 7.56. The van der Waals surface area contributed by atoms with Crippen LogP contribution in [0, 0.1) is 6.92 Å². The quantitative estimate of drug-likeness (QED) is 0.704. The van der Waals surface area contributed by atoms with Crippen LogP contribution in [-0.4, -0.2) is 21.4 Å². The highest BCUT2D eigenvalue weighted by Gasteiger charge is 2.17. The van der Waals surface area contributed by atoms with Crippen LogP contribution >= 0.6 is 11.6 Å². The van der Waals surface area contributed by atoms with Crippen molar-refractivity contribution in [3.8, 4) is 11.7 Å². The van der Waals surface area contributed by atoms with Crippen molar-refractivity contribution in [3.63, 3.8) is 0 Å². The van der Waals surface area contributed by atoms with E-state index in [1.54, 1.807) is 10.9 Å². The van der Waals surface area contributed by atoms with Gasteiger partial charge in [-0.3, -0.25) is 0 Å². The molecule has 0 spiro atoms. The predicted octanol–water partition coefficient (Wildman–Crippen LogP) is 4.22. The van der Waals surface area contributed by atoms with Crippen LogP contribution in [-0.2, 0) is 6.42 Å². The lowest BCUT2D eigenvalue weighted by atomic mass is 10.1. The number of ether oxygens (including phenoxy) is 1. The molecule has 0 aliphatic rings. The zero-order chi connectivity index (χ0) is 16.2. The Bertz CT molecular complexity index is 782. The van der Waals surface area contributed by atoms with Gasteiger partial charge < -0.3 is 4.74 Å². The molecule has 3 rings (SSSR count). The average Bonchev–Trinajstić information content (AvgIpc) is 2.86. The molecule has 0 saturated heterocycles. The maximum absolute atomic E-state index is 5.92. The standard InChI is InChI=1S/C18H18ClN3O/c1-3-23-18-16(11-14-7-5-4-6-8-14)13(2)22(21-18)17-10-9-15(19)12-20-17/h4-10,12H,3,11H2,1-2H3. The summed E-state index contributed by atoms with van der Waals surface area (Å²) in [6.07, 6.45) is 2.39. The van der Waals surface area contributed by atoms with Crippen molar-refractivity contribution in [1.29, 1.82) is 0 Å². The normalized spacial score (nSPS) is 10.7. The Morgan fingerprint density at radius 2 is 1.91 bits per heavy atom. The maximum Gasteiger partial charge on any atom is 0.237 e. The Labute approximate surface area is 140 Å². The van der Waals surface area contributed by atoms with Crippen molar-refractivity contribution < 1.29 is 4.74 Å². The molecule has 3 aromatic rings. The van der Waals surface area contributed by atoms with Gasteiger partial charge in [-0.1, -0.05) is 41.9 Å². The number of rotatable bonds is 5. The molecule has 2 heterocycles. The Hall–Kier alpha value is -2.33. The Balaban J connectivity index is 2.02. The minimum absolute atomic E-state index is 0.576. The Morgan fingerprint density at radius 1 is 1.13 bits per heavy atom. The maximum atomic E-state index is 5.92. The Morgan fingerprint density at radius 3 is 2.57 bits per heavy atom. The zero-order valence-electron chi connectivity index (χ0n) is 13.2. The van der Waals surface area contributed by atoms with Crippen LogP contribution in [0.2, 0.25) is 5.02 Å². The van der Waals surface area contributed by atoms with E-state index in [-0.39, 0.29) is 0 Å². The molecule has 0 saturated carbocycles. The molecule has 0 atom stereocenters. The highest BCUT2D eigenvalue weighted by molar-refractivity contribution is 6.30. The van der Waals surface area contributed by atoms with Crippen LogP contribution in [0.25, 0.3) is 5.82 Å². The average molecular weight is 328 g/mol. The smallest absolute Gasteiger partial charge is 0.237 e. The fourth-order valence-electron chi connectivity index (χ4n) is 2.48. The van der Waals surface area contributed by atoms with Crippen LogP contribution in [0.3, 0.4) is 0 Å². The lowest BCUT2D eigenvalue weighted by Gasteiger charge is -2.05. The third-order valence-electron chi connectivity index (χ3n) is 3.64. The molecule has 4 nitrogen and oxygen atoms in total. The van der Waals surface area contributed by atoms with Crippen molar-refractivity contribution in [2.75, 3.05) is 6.61 Å². The van der Waals surface area contributed by atoms with Gasteiger partial charge in [0.1, 0.15) is 0 Å². The van der Waals surface area contributed by atoms with Gasteiger partial charge in [0.2, 0.25) is 5.88 Å². The van der Waals surface area contributed by atoms with Crippen LogP contribution in [0.5, 0.6) is 5.88 Å². The zero-order valence-corrected chi connectivity index (χ0v) is 13.9. The number of aromatic nitrogens is 3. The first kappa shape index (κ1) is 15.6. The molecular weight excluding hydrogens is 310 g/mol. The topological polar surface area (TPSA) is 39.9 Å². The first-order chi connectivity index (χ1) is 11.2. The molecule has 0 N–H and O–H groups in total. The molecule has 23 heavy (non-hydrogen) atoms. The second-order valence-electron chi connectivity index (χ2n) is 5.21. The summed E-state index contributed by atoms with van der Waals surface area (Å²) in [4.78, 5) is 4.34. The van der Waals surface area contributed by atoms with E-state index in [1.165, 1.54) is 5.56 Å². The molecule has 0 aliphatic carbocycles. The third kappa shape index (κ3) is 3.37. The molecule has 0 aliphatic heterocycles. The van der Waals surface area contributed by atoms with E-state index >= 15 is 0 Å². The summed E-state index contributed by atoms with van der Waals surface area (Å²) in [5.74, 6) is 1.39. The largest absolute Gasteiger partial charge is 0.477 e. The van der Waals surface area contributed by atoms with Crippen molar-refractivity contribution in [1.82, 2.24) is 14.8 Å². The van der Waals surface area contributed by atoms with Crippen molar-refractivity contribution >= 4 is 11.6 Å². The van der Waals surface area contributed by atoms with Crippen molar-refractivity contribution in [2.45, 2.75) is 20.3 Å². The van der Waals surface area contributed by atoms with Crippen LogP contribution in [0.1, 0.15) is 23.7 Å². The minimum Gasteiger partial charge on any atom is -0.477 e. The molecule has 0 bridgehead atoms. The van der Waals surface area contributed by atoms with E-state index in [1.807, 2.05) is 44.2 Å². The van der Waals surface area contributed by atoms with Gasteiger partial charge in [-0.2, -0.15) is 0 Å². The van der Waals surface area contributed by atoms with Crippen LogP contribution < -0.4 is 4.74 Å². The van der Waals surface area contributed by atoms with Gasteiger partial charge in [-0.05, 0) is 31.5 Å². The first-order valence-corrected chi connectivity index (χ1v) is 7.94. The van der Waals surface area contributed by atoms with Gasteiger partial charge in [-0.15, -0.1) is 5.10 Å². The van der Waals surface area contributed by atoms with Crippen molar-refractivity contribution in [2.24, 2.45) is 0 Å². The molecular formula is C18H18ClN3O. The second-order valence-corrected chi connectivity index (χ2v) is 5.65. The monoisotopic (exact) mass is 327 g/mol. The second kappa shape index (κ2) is 6.84. The molecule has 0 unspecified atom stereocenters. The van der Waals surface area contributed by atoms with E-state index in [0.717, 1.165) is 23.5 Å². The fraction of sp³-hybridized carbons (Fsp3) is 0.222. The molecule has 0 radical (unpaired) electrons. The van der Waals surface area contributed by atoms with E-state index in [4.69, 9.17) is 16.3 Å². The van der Waals surface area contributed by atoms with E-state index in [2.05, 4.69) is 22.2 Å². The number of halogens is 1. The van der Waals surface area contributed by atoms with Crippen LogP contribution in [0.15, 0.2) is 48.7 Å². The number of benzene rings is 1. The molecule has 1 aromatic carbocycles. The molecule has 5 heteroatoms. The number of hydrogen-bond donors (Lipinski definition) is 0. The minimum atomic E-state index is 0.576. The Kier molecular flexibility index (Phi) is 4.63. The summed E-state index contributed by atoms with van der Waals surface area (Å²) in [6.45, 7) is 4.57. The fourth-order valence-corrected chi connectivity index (χ4v) is 2.59. The highest BCUT2D eigenvalue weighted by Crippen LogP contribution is 2.26. The summed E-state index contributed by atoms with van der Waals surface area (Å²) in [5.41, 5.74) is 3.32. The van der Waals surface area contributed by atoms with Gasteiger partial charge >= 0.3 is 0 Å². The highest BCUT2D eigenvalue weighted by atomic mass is 35.5. The van der Waals surface area contributed by atoms with Gasteiger partial charge in [-0.25, -0.2) is 9.67 Å². The van der Waals surface area contributed by atoms with Gasteiger partial charge in [0, 0.05) is 18.2 Å². The summed E-state index contributed by atoms with van der Waals surface area (Å²) in [6, 6.07) is 14.0. The third-order valence-corrected chi connectivity index (χ3v) is 3.86. The summed E-state index contributed by atoms with van der Waals surface area (Å²) >= 11 is 5.92. The molecule has 2 aromatic heterocycles. The van der Waals surface area contributed by atoms with Gasteiger partial charge in [0.15, 0.2) is 5.82 Å². The van der Waals surface area contributed by atoms with E-state index in [0.29, 0.717) is 17.5 Å². The molecule has 118 valence electrons. The molecule has 0 amide bonds.